The summed E-state index contributed by atoms with van der Waals surface area (Å²) in [6.07, 6.45) is 4.68. The van der Waals surface area contributed by atoms with Crippen molar-refractivity contribution >= 4 is 11.7 Å². The third-order valence-electron chi connectivity index (χ3n) is 4.03. The van der Waals surface area contributed by atoms with Crippen LogP contribution in [-0.4, -0.2) is 25.5 Å². The van der Waals surface area contributed by atoms with E-state index in [9.17, 15) is 4.79 Å². The molecule has 0 aromatic carbocycles. The van der Waals surface area contributed by atoms with Crippen LogP contribution in [0.3, 0.4) is 0 Å². The highest BCUT2D eigenvalue weighted by Gasteiger charge is 2.38. The Morgan fingerprint density at radius 3 is 3.00 bits per heavy atom. The summed E-state index contributed by atoms with van der Waals surface area (Å²) in [7, 11) is 0. The average Bonchev–Trinajstić information content (AvgIpc) is 2.93. The second-order valence-electron chi connectivity index (χ2n) is 5.64. The number of aromatic nitrogens is 4. The fraction of sp³-hybridized carbons (Fsp3) is 0.333. The normalized spacial score (nSPS) is 24.3. The molecule has 0 bridgehead atoms. The molecular formula is C15H15N5O. The number of Topliss-reactive ketones (excluding diaryl/α,β-unsaturated/α-hetero) is 1. The van der Waals surface area contributed by atoms with Gasteiger partial charge in [0.1, 0.15) is 12.4 Å². The molecule has 0 saturated carbocycles. The second-order valence-corrected chi connectivity index (χ2v) is 5.64. The van der Waals surface area contributed by atoms with Crippen LogP contribution in [0.1, 0.15) is 31.5 Å². The van der Waals surface area contributed by atoms with E-state index in [0.717, 1.165) is 23.4 Å². The molecule has 4 rings (SSSR count). The minimum absolute atomic E-state index is 0.174. The number of pyridine rings is 1. The van der Waals surface area contributed by atoms with Crippen molar-refractivity contribution in [3.8, 4) is 0 Å². The highest BCUT2D eigenvalue weighted by atomic mass is 16.1. The Balaban J connectivity index is 1.91. The topological polar surface area (TPSA) is 72.7 Å². The molecule has 2 aliphatic rings. The molecule has 1 N–H and O–H groups in total. The van der Waals surface area contributed by atoms with Crippen molar-refractivity contribution < 1.29 is 4.79 Å². The predicted molar refractivity (Wildman–Crippen MR) is 76.5 cm³/mol. The quantitative estimate of drug-likeness (QED) is 0.864. The maximum Gasteiger partial charge on any atom is 0.226 e. The van der Waals surface area contributed by atoms with Gasteiger partial charge < -0.3 is 5.32 Å². The maximum absolute atomic E-state index is 12.6. The molecule has 0 radical (unpaired) electrons. The predicted octanol–water partition coefficient (Wildman–Crippen LogP) is 1.94. The van der Waals surface area contributed by atoms with Crippen LogP contribution in [0.25, 0.3) is 0 Å². The number of nitrogens with one attached hydrogen (secondary N) is 1. The number of ketones is 1. The zero-order valence-corrected chi connectivity index (χ0v) is 11.7. The lowest BCUT2D eigenvalue weighted by Crippen LogP contribution is -2.33. The van der Waals surface area contributed by atoms with Gasteiger partial charge in [0.2, 0.25) is 5.95 Å². The van der Waals surface area contributed by atoms with Crippen LogP contribution in [0.5, 0.6) is 0 Å². The fourth-order valence-corrected chi connectivity index (χ4v) is 3.16. The van der Waals surface area contributed by atoms with Gasteiger partial charge in [0.25, 0.3) is 0 Å². The molecule has 106 valence electrons. The van der Waals surface area contributed by atoms with Gasteiger partial charge in [-0.25, -0.2) is 4.68 Å². The first-order chi connectivity index (χ1) is 10.2. The Morgan fingerprint density at radius 2 is 2.19 bits per heavy atom. The molecule has 0 saturated heterocycles. The van der Waals surface area contributed by atoms with E-state index < -0.39 is 0 Å². The number of rotatable bonds is 1. The van der Waals surface area contributed by atoms with E-state index in [1.54, 1.807) is 10.9 Å². The number of carbonyl (C=O) groups is 1. The van der Waals surface area contributed by atoms with Gasteiger partial charge in [-0.2, -0.15) is 10.1 Å². The van der Waals surface area contributed by atoms with Gasteiger partial charge in [0.05, 0.1) is 5.69 Å². The molecule has 2 atom stereocenters. The Bertz CT molecular complexity index is 734. The number of carbonyl (C=O) groups excluding carboxylic acids is 1. The lowest BCUT2D eigenvalue weighted by Gasteiger charge is -2.33. The molecule has 0 amide bonds. The van der Waals surface area contributed by atoms with Crippen molar-refractivity contribution in [2.24, 2.45) is 5.92 Å². The summed E-state index contributed by atoms with van der Waals surface area (Å²) in [4.78, 5) is 21.2. The van der Waals surface area contributed by atoms with Gasteiger partial charge in [-0.15, -0.1) is 0 Å². The lowest BCUT2D eigenvalue weighted by molar-refractivity contribution is -0.117. The Morgan fingerprint density at radius 1 is 1.29 bits per heavy atom. The van der Waals surface area contributed by atoms with Crippen molar-refractivity contribution in [1.82, 2.24) is 19.7 Å². The largest absolute Gasteiger partial charge is 0.328 e. The van der Waals surface area contributed by atoms with Crippen molar-refractivity contribution in [1.29, 1.82) is 0 Å². The number of hydrogen-bond donors (Lipinski definition) is 1. The average molecular weight is 281 g/mol. The summed E-state index contributed by atoms with van der Waals surface area (Å²) in [6, 6.07) is 5.45. The molecule has 3 heterocycles. The van der Waals surface area contributed by atoms with Crippen LogP contribution in [0.4, 0.5) is 5.95 Å². The Hall–Kier alpha value is -2.50. The molecule has 0 fully saturated rings. The monoisotopic (exact) mass is 281 g/mol. The first-order valence-electron chi connectivity index (χ1n) is 7.07. The molecule has 21 heavy (non-hydrogen) atoms. The third-order valence-corrected chi connectivity index (χ3v) is 4.03. The van der Waals surface area contributed by atoms with E-state index in [4.69, 9.17) is 0 Å². The molecule has 1 aliphatic carbocycles. The fourth-order valence-electron chi connectivity index (χ4n) is 3.16. The van der Waals surface area contributed by atoms with Crippen molar-refractivity contribution in [3.05, 3.63) is 47.7 Å². The zero-order valence-electron chi connectivity index (χ0n) is 11.7. The van der Waals surface area contributed by atoms with Crippen LogP contribution in [0.15, 0.2) is 42.0 Å². The van der Waals surface area contributed by atoms with Crippen LogP contribution in [-0.2, 0) is 4.79 Å². The van der Waals surface area contributed by atoms with Gasteiger partial charge in [-0.1, -0.05) is 13.0 Å². The molecular weight excluding hydrogens is 266 g/mol. The van der Waals surface area contributed by atoms with E-state index in [-0.39, 0.29) is 11.8 Å². The standard InChI is InChI=1S/C15H15N5O/c1-9-6-11-13(12(21)7-9)14(10-4-2-3-5-16-10)20-15(19-11)17-8-18-20/h2-5,8-9,14H,6-7H2,1H3,(H,17,18,19)/t9-,14+/m0/s1. The van der Waals surface area contributed by atoms with Crippen LogP contribution < -0.4 is 5.32 Å². The van der Waals surface area contributed by atoms with Crippen molar-refractivity contribution in [2.45, 2.75) is 25.8 Å². The molecule has 6 nitrogen and oxygen atoms in total. The molecule has 0 unspecified atom stereocenters. The zero-order chi connectivity index (χ0) is 14.4. The Labute approximate surface area is 121 Å². The second kappa shape index (κ2) is 4.51. The minimum Gasteiger partial charge on any atom is -0.328 e. The van der Waals surface area contributed by atoms with E-state index in [1.165, 1.54) is 6.33 Å². The summed E-state index contributed by atoms with van der Waals surface area (Å²) in [5, 5.41) is 7.54. The third kappa shape index (κ3) is 1.86. The summed E-state index contributed by atoms with van der Waals surface area (Å²) < 4.78 is 1.75. The number of hydrogen-bond acceptors (Lipinski definition) is 5. The smallest absolute Gasteiger partial charge is 0.226 e. The molecule has 0 spiro atoms. The number of fused-ring (bicyclic) bond motifs is 1. The van der Waals surface area contributed by atoms with Gasteiger partial charge in [0.15, 0.2) is 5.78 Å². The van der Waals surface area contributed by atoms with E-state index in [1.807, 2.05) is 18.2 Å². The molecule has 2 aromatic heterocycles. The van der Waals surface area contributed by atoms with Gasteiger partial charge in [-0.3, -0.25) is 9.78 Å². The molecule has 1 aliphatic heterocycles. The van der Waals surface area contributed by atoms with Crippen LogP contribution in [0, 0.1) is 5.92 Å². The lowest BCUT2D eigenvalue weighted by atomic mass is 9.82. The van der Waals surface area contributed by atoms with E-state index in [0.29, 0.717) is 18.3 Å². The van der Waals surface area contributed by atoms with E-state index in [2.05, 4.69) is 27.3 Å². The van der Waals surface area contributed by atoms with Crippen LogP contribution in [0.2, 0.25) is 0 Å². The van der Waals surface area contributed by atoms with Crippen molar-refractivity contribution in [2.75, 3.05) is 5.32 Å². The summed E-state index contributed by atoms with van der Waals surface area (Å²) >= 11 is 0. The number of nitrogens with zero attached hydrogens (tertiary/aromatic N) is 4. The number of allylic oxidation sites excluding steroid dienone is 2. The summed E-state index contributed by atoms with van der Waals surface area (Å²) in [6.45, 7) is 2.10. The first-order valence-corrected chi connectivity index (χ1v) is 7.07. The Kier molecular flexibility index (Phi) is 2.63. The van der Waals surface area contributed by atoms with Crippen LogP contribution >= 0.6 is 0 Å². The highest BCUT2D eigenvalue weighted by molar-refractivity contribution is 5.99. The van der Waals surface area contributed by atoms with Gasteiger partial charge in [0, 0.05) is 23.9 Å². The summed E-state index contributed by atoms with van der Waals surface area (Å²) in [5.41, 5.74) is 2.57. The minimum atomic E-state index is -0.278. The highest BCUT2D eigenvalue weighted by Crippen LogP contribution is 2.40. The maximum atomic E-state index is 12.6. The molecule has 6 heteroatoms. The molecule has 2 aromatic rings. The summed E-state index contributed by atoms with van der Waals surface area (Å²) in [5.74, 6) is 1.20. The SMILES string of the molecule is C[C@@H]1CC(=O)C2=C(C1)Nc1ncnn1[C@@H]2c1ccccn1. The van der Waals surface area contributed by atoms with Crippen molar-refractivity contribution in [3.63, 3.8) is 0 Å². The first kappa shape index (κ1) is 12.3. The van der Waals surface area contributed by atoms with Gasteiger partial charge in [-0.05, 0) is 24.5 Å². The number of anilines is 1. The van der Waals surface area contributed by atoms with E-state index >= 15 is 0 Å². The van der Waals surface area contributed by atoms with Gasteiger partial charge >= 0.3 is 0 Å².